The highest BCUT2D eigenvalue weighted by Gasteiger charge is 2.14. The summed E-state index contributed by atoms with van der Waals surface area (Å²) in [4.78, 5) is 12.6. The van der Waals surface area contributed by atoms with Crippen molar-refractivity contribution in [1.82, 2.24) is 5.32 Å². The van der Waals surface area contributed by atoms with Gasteiger partial charge in [0.25, 0.3) is 5.91 Å². The van der Waals surface area contributed by atoms with E-state index in [1.165, 1.54) is 11.1 Å². The molecule has 0 atom stereocenters. The van der Waals surface area contributed by atoms with Gasteiger partial charge in [-0.1, -0.05) is 60.2 Å². The number of hydrogen-bond donors (Lipinski definition) is 1. The van der Waals surface area contributed by atoms with E-state index in [-0.39, 0.29) is 11.5 Å². The van der Waals surface area contributed by atoms with E-state index in [1.54, 1.807) is 12.1 Å². The van der Waals surface area contributed by atoms with Crippen LogP contribution in [-0.2, 0) is 17.8 Å². The summed E-state index contributed by atoms with van der Waals surface area (Å²) in [6.07, 6.45) is 3.25. The molecule has 180 valence electrons. The van der Waals surface area contributed by atoms with Gasteiger partial charge >= 0.3 is 0 Å². The fourth-order valence-electron chi connectivity index (χ4n) is 3.58. The first-order valence-corrected chi connectivity index (χ1v) is 12.7. The summed E-state index contributed by atoms with van der Waals surface area (Å²) in [7, 11) is 0. The second-order valence-corrected chi connectivity index (χ2v) is 9.22. The molecule has 0 saturated heterocycles. The molecular weight excluding hydrogens is 551 g/mol. The largest absolute Gasteiger partial charge is 0.490 e. The summed E-state index contributed by atoms with van der Waals surface area (Å²) in [5.74, 6) is 0.849. The van der Waals surface area contributed by atoms with Gasteiger partial charge in [0, 0.05) is 6.54 Å². The predicted molar refractivity (Wildman–Crippen MR) is 147 cm³/mol. The maximum Gasteiger partial charge on any atom is 0.261 e. The Hall–Kier alpha value is -3.31. The highest BCUT2D eigenvalue weighted by atomic mass is 127. The van der Waals surface area contributed by atoms with Crippen LogP contribution in [0.3, 0.4) is 0 Å². The Kier molecular flexibility index (Phi) is 10.2. The van der Waals surface area contributed by atoms with Crippen LogP contribution in [0.1, 0.15) is 35.6 Å². The zero-order valence-corrected chi connectivity index (χ0v) is 22.2. The van der Waals surface area contributed by atoms with Crippen molar-refractivity contribution < 1.29 is 14.3 Å². The molecule has 0 spiro atoms. The lowest BCUT2D eigenvalue weighted by Crippen LogP contribution is -2.25. The molecule has 0 fully saturated rings. The zero-order valence-electron chi connectivity index (χ0n) is 20.0. The number of halogens is 1. The van der Waals surface area contributed by atoms with Gasteiger partial charge in [-0.2, -0.15) is 5.26 Å². The van der Waals surface area contributed by atoms with E-state index in [2.05, 4.69) is 46.1 Å². The summed E-state index contributed by atoms with van der Waals surface area (Å²) >= 11 is 2.19. The molecule has 3 aromatic carbocycles. The van der Waals surface area contributed by atoms with Gasteiger partial charge in [0.1, 0.15) is 18.2 Å². The van der Waals surface area contributed by atoms with Crippen molar-refractivity contribution in [1.29, 1.82) is 5.26 Å². The van der Waals surface area contributed by atoms with Gasteiger partial charge in [0.15, 0.2) is 11.5 Å². The number of benzene rings is 3. The third-order valence-corrected chi connectivity index (χ3v) is 6.05. The summed E-state index contributed by atoms with van der Waals surface area (Å²) in [5.41, 5.74) is 4.23. The SMILES string of the molecule is CCOc1cc(/C=C(/C#N)C(=O)NCCCc2ccccc2)cc(I)c1OCc1cccc(C)c1. The van der Waals surface area contributed by atoms with Crippen LogP contribution in [0.2, 0.25) is 0 Å². The second-order valence-electron chi connectivity index (χ2n) is 8.06. The molecule has 3 rings (SSSR count). The Balaban J connectivity index is 1.68. The Bertz CT molecular complexity index is 1220. The number of nitrogens with zero attached hydrogens (tertiary/aromatic N) is 1. The molecule has 0 aromatic heterocycles. The van der Waals surface area contributed by atoms with E-state index in [4.69, 9.17) is 9.47 Å². The van der Waals surface area contributed by atoms with Crippen LogP contribution in [0.15, 0.2) is 72.3 Å². The van der Waals surface area contributed by atoms with E-state index in [9.17, 15) is 10.1 Å². The van der Waals surface area contributed by atoms with Crippen molar-refractivity contribution in [2.45, 2.75) is 33.3 Å². The van der Waals surface area contributed by atoms with Gasteiger partial charge in [-0.25, -0.2) is 0 Å². The molecule has 3 aromatic rings. The van der Waals surface area contributed by atoms with Crippen molar-refractivity contribution >= 4 is 34.6 Å². The smallest absolute Gasteiger partial charge is 0.261 e. The van der Waals surface area contributed by atoms with Gasteiger partial charge in [-0.3, -0.25) is 4.79 Å². The normalized spacial score (nSPS) is 11.0. The van der Waals surface area contributed by atoms with Crippen LogP contribution in [0, 0.1) is 21.8 Å². The minimum atomic E-state index is -0.381. The molecule has 0 radical (unpaired) electrons. The minimum Gasteiger partial charge on any atom is -0.490 e. The fraction of sp³-hybridized carbons (Fsp3) is 0.241. The maximum absolute atomic E-state index is 12.6. The number of hydrogen-bond acceptors (Lipinski definition) is 4. The third kappa shape index (κ3) is 8.15. The Morgan fingerprint density at radius 1 is 1.06 bits per heavy atom. The predicted octanol–water partition coefficient (Wildman–Crippen LogP) is 6.23. The van der Waals surface area contributed by atoms with Crippen molar-refractivity contribution in [2.24, 2.45) is 0 Å². The van der Waals surface area contributed by atoms with Crippen LogP contribution in [0.25, 0.3) is 6.08 Å². The lowest BCUT2D eigenvalue weighted by Gasteiger charge is -2.15. The first-order chi connectivity index (χ1) is 17.0. The molecule has 0 aliphatic carbocycles. The average molecular weight is 580 g/mol. The van der Waals surface area contributed by atoms with E-state index in [0.717, 1.165) is 22.0 Å². The molecular formula is C29H29IN2O3. The van der Waals surface area contributed by atoms with Crippen LogP contribution < -0.4 is 14.8 Å². The van der Waals surface area contributed by atoms with Crippen LogP contribution in [0.5, 0.6) is 11.5 Å². The molecule has 6 heteroatoms. The highest BCUT2D eigenvalue weighted by molar-refractivity contribution is 14.1. The maximum atomic E-state index is 12.6. The lowest BCUT2D eigenvalue weighted by atomic mass is 10.1. The van der Waals surface area contributed by atoms with Crippen molar-refractivity contribution in [3.05, 3.63) is 98.1 Å². The number of rotatable bonds is 11. The zero-order chi connectivity index (χ0) is 25.0. The number of carbonyl (C=O) groups is 1. The number of nitrogens with one attached hydrogen (secondary N) is 1. The molecule has 0 aliphatic heterocycles. The number of aryl methyl sites for hydroxylation is 2. The summed E-state index contributed by atoms with van der Waals surface area (Å²) in [5, 5.41) is 12.4. The Labute approximate surface area is 220 Å². The van der Waals surface area contributed by atoms with Crippen molar-refractivity contribution in [3.8, 4) is 17.6 Å². The van der Waals surface area contributed by atoms with Gasteiger partial charge < -0.3 is 14.8 Å². The van der Waals surface area contributed by atoms with Crippen molar-refractivity contribution in [2.75, 3.05) is 13.2 Å². The molecule has 0 unspecified atom stereocenters. The fourth-order valence-corrected chi connectivity index (χ4v) is 4.36. The first kappa shape index (κ1) is 26.3. The van der Waals surface area contributed by atoms with Crippen LogP contribution in [0.4, 0.5) is 0 Å². The second kappa shape index (κ2) is 13.5. The molecule has 0 bridgehead atoms. The van der Waals surface area contributed by atoms with E-state index in [0.29, 0.717) is 36.8 Å². The molecule has 1 N–H and O–H groups in total. The van der Waals surface area contributed by atoms with Crippen LogP contribution >= 0.6 is 22.6 Å². The topological polar surface area (TPSA) is 71.3 Å². The number of amides is 1. The van der Waals surface area contributed by atoms with Gasteiger partial charge in [-0.15, -0.1) is 0 Å². The first-order valence-electron chi connectivity index (χ1n) is 11.6. The molecule has 5 nitrogen and oxygen atoms in total. The molecule has 0 aliphatic rings. The summed E-state index contributed by atoms with van der Waals surface area (Å²) in [6, 6.07) is 24.0. The molecule has 0 heterocycles. The van der Waals surface area contributed by atoms with E-state index < -0.39 is 0 Å². The lowest BCUT2D eigenvalue weighted by molar-refractivity contribution is -0.117. The quantitative estimate of drug-likeness (QED) is 0.126. The number of carbonyl (C=O) groups excluding carboxylic acids is 1. The van der Waals surface area contributed by atoms with Gasteiger partial charge in [-0.05, 0) is 84.2 Å². The van der Waals surface area contributed by atoms with Gasteiger partial charge in [0.2, 0.25) is 0 Å². The number of nitriles is 1. The summed E-state index contributed by atoms with van der Waals surface area (Å²) < 4.78 is 12.8. The molecule has 0 saturated carbocycles. The van der Waals surface area contributed by atoms with Crippen LogP contribution in [-0.4, -0.2) is 19.1 Å². The van der Waals surface area contributed by atoms with E-state index in [1.807, 2.05) is 62.4 Å². The van der Waals surface area contributed by atoms with Gasteiger partial charge in [0.05, 0.1) is 10.2 Å². The minimum absolute atomic E-state index is 0.0522. The number of ether oxygens (including phenoxy) is 2. The Morgan fingerprint density at radius 3 is 2.54 bits per heavy atom. The standard InChI is InChI=1S/C29H29IN2O3/c1-3-34-27-18-24(17-26(30)28(27)35-20-23-12-7-9-21(2)15-23)16-25(19-31)29(33)32-14-8-13-22-10-5-4-6-11-22/h4-7,9-12,15-18H,3,8,13-14,20H2,1-2H3,(H,32,33)/b25-16-. The Morgan fingerprint density at radius 2 is 1.83 bits per heavy atom. The molecule has 35 heavy (non-hydrogen) atoms. The van der Waals surface area contributed by atoms with Crippen molar-refractivity contribution in [3.63, 3.8) is 0 Å². The highest BCUT2D eigenvalue weighted by Crippen LogP contribution is 2.35. The summed E-state index contributed by atoms with van der Waals surface area (Å²) in [6.45, 7) is 5.34. The third-order valence-electron chi connectivity index (χ3n) is 5.24. The monoisotopic (exact) mass is 580 g/mol. The van der Waals surface area contributed by atoms with E-state index >= 15 is 0 Å². The molecule has 1 amide bonds. The average Bonchev–Trinajstić information content (AvgIpc) is 2.85.